The molecule has 2 aliphatic rings. The molecule has 2 nitrogen and oxygen atoms in total. The number of thiophene rings is 2. The molecule has 2 aromatic carbocycles. The number of benzene rings is 2. The number of hydrogen-bond acceptors (Lipinski definition) is 4. The van der Waals surface area contributed by atoms with Gasteiger partial charge in [0.25, 0.3) is 0 Å². The predicted octanol–water partition coefficient (Wildman–Crippen LogP) is 8.73. The molecule has 0 aliphatic carbocycles. The summed E-state index contributed by atoms with van der Waals surface area (Å²) in [5.74, 6) is 0. The normalized spacial score (nSPS) is 15.3. The molecule has 2 aliphatic heterocycles. The molecule has 2 aromatic heterocycles. The minimum absolute atomic E-state index is 0.668. The van der Waals surface area contributed by atoms with E-state index in [4.69, 9.17) is 0 Å². The maximum absolute atomic E-state index is 4.66. The Kier molecular flexibility index (Phi) is 6.60. The molecule has 6 rings (SSSR count). The lowest BCUT2D eigenvalue weighted by Crippen LogP contribution is -2.19. The molecule has 4 aromatic rings. The molecule has 1 N–H and O–H groups in total. The third-order valence-electron chi connectivity index (χ3n) is 6.66. The van der Waals surface area contributed by atoms with Gasteiger partial charge in [-0.2, -0.15) is 0 Å². The average molecular weight is 517 g/mol. The molecule has 0 atom stereocenters. The van der Waals surface area contributed by atoms with Crippen molar-refractivity contribution in [2.45, 2.75) is 13.8 Å². The fourth-order valence-electron chi connectivity index (χ4n) is 4.53. The van der Waals surface area contributed by atoms with Gasteiger partial charge in [-0.1, -0.05) is 65.7 Å². The first-order valence-corrected chi connectivity index (χ1v) is 14.2. The Morgan fingerprint density at radius 1 is 0.649 bits per heavy atom. The van der Waals surface area contributed by atoms with Gasteiger partial charge in [0.15, 0.2) is 0 Å². The maximum atomic E-state index is 4.66. The van der Waals surface area contributed by atoms with E-state index in [-0.39, 0.29) is 0 Å². The van der Waals surface area contributed by atoms with Gasteiger partial charge in [0, 0.05) is 38.0 Å². The molecule has 0 spiro atoms. The highest BCUT2D eigenvalue weighted by atomic mass is 32.1. The first kappa shape index (κ1) is 23.7. The van der Waals surface area contributed by atoms with Crippen molar-refractivity contribution in [2.75, 3.05) is 13.1 Å². The first-order chi connectivity index (χ1) is 18.1. The van der Waals surface area contributed by atoms with Gasteiger partial charge in [-0.05, 0) is 84.2 Å². The standard InChI is InChI=1S/C33H28N2S2/c1-22-3-7-24(8-4-22)30-11-13-32(36-30)26-15-17-34-21-28(19-26)29-20-27(16-18-35-29)33-14-12-31(37-33)25-9-5-23(2)6-10-25/h3-17,19-20,35H,18,21H2,1-2H3. The third kappa shape index (κ3) is 5.22. The van der Waals surface area contributed by atoms with Gasteiger partial charge >= 0.3 is 0 Å². The van der Waals surface area contributed by atoms with E-state index < -0.39 is 0 Å². The van der Waals surface area contributed by atoms with Gasteiger partial charge in [-0.3, -0.25) is 4.99 Å². The van der Waals surface area contributed by atoms with E-state index in [0.717, 1.165) is 12.2 Å². The summed E-state index contributed by atoms with van der Waals surface area (Å²) in [5.41, 5.74) is 9.96. The molecule has 182 valence electrons. The second kappa shape index (κ2) is 10.3. The number of dihydropyridines is 1. The summed E-state index contributed by atoms with van der Waals surface area (Å²) in [5, 5.41) is 3.59. The summed E-state index contributed by atoms with van der Waals surface area (Å²) in [6, 6.07) is 26.5. The van der Waals surface area contributed by atoms with E-state index in [9.17, 15) is 0 Å². The van der Waals surface area contributed by atoms with Gasteiger partial charge in [0.05, 0.1) is 6.54 Å². The summed E-state index contributed by atoms with van der Waals surface area (Å²) in [7, 11) is 0. The zero-order chi connectivity index (χ0) is 25.2. The van der Waals surface area contributed by atoms with Crippen LogP contribution in [-0.2, 0) is 0 Å². The van der Waals surface area contributed by atoms with Crippen molar-refractivity contribution in [2.24, 2.45) is 4.99 Å². The van der Waals surface area contributed by atoms with Gasteiger partial charge in [0.2, 0.25) is 0 Å². The highest BCUT2D eigenvalue weighted by molar-refractivity contribution is 7.17. The highest BCUT2D eigenvalue weighted by Gasteiger charge is 2.15. The number of nitrogens with zero attached hydrogens (tertiary/aromatic N) is 1. The summed E-state index contributed by atoms with van der Waals surface area (Å²) in [6.45, 7) is 5.74. The summed E-state index contributed by atoms with van der Waals surface area (Å²) < 4.78 is 0. The van der Waals surface area contributed by atoms with Gasteiger partial charge in [0.1, 0.15) is 0 Å². The second-order valence-corrected chi connectivity index (χ2v) is 11.6. The Balaban J connectivity index is 1.26. The summed E-state index contributed by atoms with van der Waals surface area (Å²) >= 11 is 3.68. The fraction of sp³-hybridized carbons (Fsp3) is 0.121. The Morgan fingerprint density at radius 2 is 1.22 bits per heavy atom. The lowest BCUT2D eigenvalue weighted by Gasteiger charge is -2.18. The number of rotatable bonds is 5. The van der Waals surface area contributed by atoms with Crippen molar-refractivity contribution < 1.29 is 0 Å². The molecule has 0 saturated heterocycles. The highest BCUT2D eigenvalue weighted by Crippen LogP contribution is 2.36. The quantitative estimate of drug-likeness (QED) is 0.282. The molecular formula is C33H28N2S2. The molecule has 37 heavy (non-hydrogen) atoms. The zero-order valence-electron chi connectivity index (χ0n) is 21.0. The Hall–Kier alpha value is -3.73. The molecular weight excluding hydrogens is 489 g/mol. The van der Waals surface area contributed by atoms with E-state index in [1.807, 2.05) is 28.9 Å². The van der Waals surface area contributed by atoms with Crippen LogP contribution < -0.4 is 5.32 Å². The van der Waals surface area contributed by atoms with Crippen LogP contribution in [0.3, 0.4) is 0 Å². The number of nitrogens with one attached hydrogen (secondary N) is 1. The van der Waals surface area contributed by atoms with Crippen molar-refractivity contribution in [1.29, 1.82) is 0 Å². The predicted molar refractivity (Wildman–Crippen MR) is 162 cm³/mol. The lowest BCUT2D eigenvalue weighted by molar-refractivity contribution is 0.890. The maximum Gasteiger partial charge on any atom is 0.0660 e. The summed E-state index contributed by atoms with van der Waals surface area (Å²) in [6.07, 6.45) is 10.9. The van der Waals surface area contributed by atoms with Crippen molar-refractivity contribution in [3.8, 4) is 20.9 Å². The smallest absolute Gasteiger partial charge is 0.0660 e. The van der Waals surface area contributed by atoms with Crippen LogP contribution in [-0.4, -0.2) is 19.3 Å². The Bertz CT molecular complexity index is 1590. The average Bonchev–Trinajstić information content (AvgIpc) is 3.55. The van der Waals surface area contributed by atoms with E-state index in [1.165, 1.54) is 58.5 Å². The van der Waals surface area contributed by atoms with Crippen LogP contribution in [0, 0.1) is 13.8 Å². The zero-order valence-corrected chi connectivity index (χ0v) is 22.6. The number of aliphatic imine (C=N–C) groups is 1. The Morgan fingerprint density at radius 3 is 1.84 bits per heavy atom. The molecule has 4 heteroatoms. The number of aryl methyl sites for hydroxylation is 2. The van der Waals surface area contributed by atoms with Crippen LogP contribution in [0.4, 0.5) is 0 Å². The van der Waals surface area contributed by atoms with Gasteiger partial charge in [-0.25, -0.2) is 0 Å². The second-order valence-electron chi connectivity index (χ2n) is 9.44. The molecule has 0 radical (unpaired) electrons. The largest absolute Gasteiger partial charge is 0.381 e. The molecule has 0 bridgehead atoms. The number of allylic oxidation sites excluding steroid dienone is 5. The van der Waals surface area contributed by atoms with E-state index in [1.54, 1.807) is 0 Å². The van der Waals surface area contributed by atoms with Crippen molar-refractivity contribution >= 4 is 40.0 Å². The van der Waals surface area contributed by atoms with Crippen molar-refractivity contribution in [3.63, 3.8) is 0 Å². The molecule has 0 saturated carbocycles. The number of hydrogen-bond donors (Lipinski definition) is 1. The van der Waals surface area contributed by atoms with Crippen LogP contribution in [0.1, 0.15) is 20.9 Å². The minimum atomic E-state index is 0.668. The monoisotopic (exact) mass is 516 g/mol. The van der Waals surface area contributed by atoms with Crippen LogP contribution in [0.2, 0.25) is 0 Å². The van der Waals surface area contributed by atoms with Gasteiger partial charge < -0.3 is 5.32 Å². The van der Waals surface area contributed by atoms with E-state index >= 15 is 0 Å². The van der Waals surface area contributed by atoms with Crippen LogP contribution in [0.15, 0.2) is 113 Å². The minimum Gasteiger partial charge on any atom is -0.381 e. The van der Waals surface area contributed by atoms with Crippen molar-refractivity contribution in [1.82, 2.24) is 5.32 Å². The third-order valence-corrected chi connectivity index (χ3v) is 9.03. The Labute approximate surface area is 226 Å². The molecule has 0 fully saturated rings. The molecule has 0 unspecified atom stereocenters. The SMILES string of the molecule is Cc1ccc(-c2ccc(C3=CC=NCC(C4=CC(c5ccc(-c6ccc(C)cc6)s5)=CCN4)=C3)s2)cc1. The van der Waals surface area contributed by atoms with Crippen LogP contribution in [0.25, 0.3) is 32.0 Å². The van der Waals surface area contributed by atoms with Gasteiger partial charge in [-0.15, -0.1) is 22.7 Å². The van der Waals surface area contributed by atoms with E-state index in [0.29, 0.717) is 6.54 Å². The topological polar surface area (TPSA) is 24.4 Å². The summed E-state index contributed by atoms with van der Waals surface area (Å²) in [4.78, 5) is 9.81. The van der Waals surface area contributed by atoms with Crippen molar-refractivity contribution in [3.05, 3.63) is 129 Å². The fourth-order valence-corrected chi connectivity index (χ4v) is 6.56. The first-order valence-electron chi connectivity index (χ1n) is 12.5. The van der Waals surface area contributed by atoms with E-state index in [2.05, 4.69) is 121 Å². The molecule has 0 amide bonds. The van der Waals surface area contributed by atoms with Crippen LogP contribution in [0.5, 0.6) is 0 Å². The molecule has 4 heterocycles. The van der Waals surface area contributed by atoms with Crippen LogP contribution >= 0.6 is 22.7 Å². The lowest BCUT2D eigenvalue weighted by atomic mass is 10.0.